The summed E-state index contributed by atoms with van der Waals surface area (Å²) in [6, 6.07) is 17.5. The van der Waals surface area contributed by atoms with Crippen molar-refractivity contribution in [2.45, 2.75) is 49.4 Å². The number of likely N-dealkylation sites (tertiary alicyclic amines) is 2. The fraction of sp³-hybridized carbons (Fsp3) is 0.500. The number of carbonyl (C=O) groups is 2. The van der Waals surface area contributed by atoms with E-state index in [1.165, 1.54) is 6.42 Å². The van der Waals surface area contributed by atoms with Crippen LogP contribution in [-0.2, 0) is 20.4 Å². The second-order valence-electron chi connectivity index (χ2n) is 10.3. The lowest BCUT2D eigenvalue weighted by Gasteiger charge is -2.44. The summed E-state index contributed by atoms with van der Waals surface area (Å²) in [5.41, 5.74) is 0.670. The van der Waals surface area contributed by atoms with Gasteiger partial charge in [-0.15, -0.1) is 0 Å². The van der Waals surface area contributed by atoms with Gasteiger partial charge in [-0.25, -0.2) is 0 Å². The van der Waals surface area contributed by atoms with E-state index in [9.17, 15) is 14.7 Å². The van der Waals surface area contributed by atoms with Crippen LogP contribution >= 0.6 is 11.6 Å². The molecule has 1 N–H and O–H groups in total. The van der Waals surface area contributed by atoms with Crippen LogP contribution in [0.2, 0.25) is 5.02 Å². The molecule has 34 heavy (non-hydrogen) atoms. The third kappa shape index (κ3) is 4.14. The number of aliphatic carboxylic acids is 1. The van der Waals surface area contributed by atoms with Crippen molar-refractivity contribution in [3.05, 3.63) is 70.7 Å². The first-order chi connectivity index (χ1) is 16.5. The highest BCUT2D eigenvalue weighted by Gasteiger charge is 2.62. The normalized spacial score (nSPS) is 26.7. The van der Waals surface area contributed by atoms with Crippen molar-refractivity contribution in [3.63, 3.8) is 0 Å². The summed E-state index contributed by atoms with van der Waals surface area (Å²) in [4.78, 5) is 30.6. The number of carboxylic acids is 1. The lowest BCUT2D eigenvalue weighted by molar-refractivity contribution is -0.140. The number of hydrogen-bond acceptors (Lipinski definition) is 3. The predicted molar refractivity (Wildman–Crippen MR) is 133 cm³/mol. The summed E-state index contributed by atoms with van der Waals surface area (Å²) < 4.78 is 0. The molecule has 0 radical (unpaired) electrons. The van der Waals surface area contributed by atoms with Crippen LogP contribution in [0.25, 0.3) is 0 Å². The van der Waals surface area contributed by atoms with Gasteiger partial charge in [-0.2, -0.15) is 0 Å². The number of hydrogen-bond donors (Lipinski definition) is 1. The van der Waals surface area contributed by atoms with E-state index in [-0.39, 0.29) is 11.8 Å². The molecule has 0 bridgehead atoms. The molecular formula is C28H33ClN2O3. The molecule has 1 aliphatic carbocycles. The summed E-state index contributed by atoms with van der Waals surface area (Å²) >= 11 is 6.03. The average molecular weight is 481 g/mol. The SMILES string of the molecule is O=C(N1CCCCC1)C1(c2ccccc2)CCN(CC2CC2(C(=O)O)c2ccc(Cl)cc2)CC1. The molecule has 1 amide bonds. The molecule has 0 spiro atoms. The number of amides is 1. The van der Waals surface area contributed by atoms with Crippen LogP contribution in [0, 0.1) is 5.92 Å². The van der Waals surface area contributed by atoms with Crippen LogP contribution in [-0.4, -0.2) is 59.5 Å². The monoisotopic (exact) mass is 480 g/mol. The largest absolute Gasteiger partial charge is 0.481 e. The first-order valence-corrected chi connectivity index (χ1v) is 12.9. The quantitative estimate of drug-likeness (QED) is 0.649. The number of rotatable bonds is 6. The van der Waals surface area contributed by atoms with Crippen LogP contribution in [0.5, 0.6) is 0 Å². The molecule has 0 aromatic heterocycles. The Kier molecular flexibility index (Phi) is 6.43. The fourth-order valence-electron chi connectivity index (χ4n) is 6.25. The maximum absolute atomic E-state index is 13.8. The summed E-state index contributed by atoms with van der Waals surface area (Å²) in [6.45, 7) is 4.09. The number of benzene rings is 2. The van der Waals surface area contributed by atoms with Crippen LogP contribution < -0.4 is 0 Å². The van der Waals surface area contributed by atoms with Gasteiger partial charge in [0, 0.05) is 24.7 Å². The summed E-state index contributed by atoms with van der Waals surface area (Å²) in [5, 5.41) is 10.7. The van der Waals surface area contributed by atoms with E-state index in [1.54, 1.807) is 12.1 Å². The Bertz CT molecular complexity index is 1030. The van der Waals surface area contributed by atoms with Crippen molar-refractivity contribution in [1.29, 1.82) is 0 Å². The van der Waals surface area contributed by atoms with Crippen LogP contribution in [0.4, 0.5) is 0 Å². The zero-order chi connectivity index (χ0) is 23.8. The van der Waals surface area contributed by atoms with E-state index >= 15 is 0 Å². The van der Waals surface area contributed by atoms with Crippen molar-refractivity contribution in [3.8, 4) is 0 Å². The molecule has 2 aromatic carbocycles. The first kappa shape index (κ1) is 23.4. The molecule has 2 saturated heterocycles. The number of halogens is 1. The van der Waals surface area contributed by atoms with Crippen LogP contribution in [0.1, 0.15) is 49.7 Å². The molecule has 180 valence electrons. The Morgan fingerprint density at radius 1 is 0.882 bits per heavy atom. The van der Waals surface area contributed by atoms with Gasteiger partial charge in [-0.1, -0.05) is 54.1 Å². The Labute approximate surface area is 206 Å². The zero-order valence-electron chi connectivity index (χ0n) is 19.6. The van der Waals surface area contributed by atoms with Crippen molar-refractivity contribution >= 4 is 23.5 Å². The third-order valence-corrected chi connectivity index (χ3v) is 8.67. The highest BCUT2D eigenvalue weighted by molar-refractivity contribution is 6.30. The molecule has 3 aliphatic rings. The lowest BCUT2D eigenvalue weighted by atomic mass is 9.71. The van der Waals surface area contributed by atoms with Crippen molar-refractivity contribution in [2.24, 2.45) is 5.92 Å². The highest BCUT2D eigenvalue weighted by atomic mass is 35.5. The van der Waals surface area contributed by atoms with Crippen molar-refractivity contribution < 1.29 is 14.7 Å². The predicted octanol–water partition coefficient (Wildman–Crippen LogP) is 4.73. The molecule has 1 saturated carbocycles. The molecule has 2 unspecified atom stereocenters. The Morgan fingerprint density at radius 3 is 2.15 bits per heavy atom. The Hall–Kier alpha value is -2.37. The van der Waals surface area contributed by atoms with Gasteiger partial charge in [0.2, 0.25) is 5.91 Å². The molecule has 2 aliphatic heterocycles. The van der Waals surface area contributed by atoms with E-state index in [1.807, 2.05) is 30.3 Å². The van der Waals surface area contributed by atoms with E-state index in [0.717, 1.165) is 69.5 Å². The standard InChI is InChI=1S/C28H33ClN2O3/c29-24-11-9-22(10-12-24)28(26(33)34)19-23(28)20-30-17-13-27(14-18-30,21-7-3-1-4-8-21)25(32)31-15-5-2-6-16-31/h1,3-4,7-12,23H,2,5-6,13-20H2,(H,33,34). The van der Waals surface area contributed by atoms with E-state index in [4.69, 9.17) is 11.6 Å². The topological polar surface area (TPSA) is 60.9 Å². The smallest absolute Gasteiger partial charge is 0.314 e. The van der Waals surface area contributed by atoms with Gasteiger partial charge in [0.25, 0.3) is 0 Å². The summed E-state index contributed by atoms with van der Waals surface area (Å²) in [5.74, 6) is -0.394. The van der Waals surface area contributed by atoms with E-state index in [2.05, 4.69) is 21.9 Å². The fourth-order valence-corrected chi connectivity index (χ4v) is 6.37. The minimum atomic E-state index is -0.817. The van der Waals surface area contributed by atoms with Gasteiger partial charge in [0.1, 0.15) is 0 Å². The number of carboxylic acid groups (broad SMARTS) is 1. The Balaban J connectivity index is 1.30. The second-order valence-corrected chi connectivity index (χ2v) is 10.7. The summed E-state index contributed by atoms with van der Waals surface area (Å²) in [6.07, 6.45) is 5.59. The van der Waals surface area contributed by atoms with Crippen molar-refractivity contribution in [2.75, 3.05) is 32.7 Å². The molecule has 3 fully saturated rings. The number of piperidine rings is 2. The van der Waals surface area contributed by atoms with Gasteiger partial charge in [0.15, 0.2) is 0 Å². The molecule has 6 heteroatoms. The average Bonchev–Trinajstić information content (AvgIpc) is 3.61. The van der Waals surface area contributed by atoms with E-state index < -0.39 is 16.8 Å². The highest BCUT2D eigenvalue weighted by Crippen LogP contribution is 2.55. The molecule has 5 rings (SSSR count). The minimum Gasteiger partial charge on any atom is -0.481 e. The van der Waals surface area contributed by atoms with Gasteiger partial charge in [-0.05, 0) is 80.8 Å². The number of carbonyl (C=O) groups excluding carboxylic acids is 1. The maximum Gasteiger partial charge on any atom is 0.314 e. The zero-order valence-corrected chi connectivity index (χ0v) is 20.3. The maximum atomic E-state index is 13.8. The van der Waals surface area contributed by atoms with Gasteiger partial charge in [0.05, 0.1) is 10.8 Å². The lowest BCUT2D eigenvalue weighted by Crippen LogP contribution is -2.54. The van der Waals surface area contributed by atoms with E-state index in [0.29, 0.717) is 11.4 Å². The minimum absolute atomic E-state index is 0.0770. The van der Waals surface area contributed by atoms with Crippen LogP contribution in [0.3, 0.4) is 0 Å². The van der Waals surface area contributed by atoms with Gasteiger partial charge in [-0.3, -0.25) is 9.59 Å². The van der Waals surface area contributed by atoms with Gasteiger partial charge < -0.3 is 14.9 Å². The van der Waals surface area contributed by atoms with Crippen molar-refractivity contribution in [1.82, 2.24) is 9.80 Å². The number of nitrogens with zero attached hydrogens (tertiary/aromatic N) is 2. The first-order valence-electron chi connectivity index (χ1n) is 12.5. The van der Waals surface area contributed by atoms with Gasteiger partial charge >= 0.3 is 5.97 Å². The molecule has 2 aromatic rings. The Morgan fingerprint density at radius 2 is 1.53 bits per heavy atom. The van der Waals surface area contributed by atoms with Crippen LogP contribution in [0.15, 0.2) is 54.6 Å². The molecule has 5 nitrogen and oxygen atoms in total. The molecule has 2 atom stereocenters. The third-order valence-electron chi connectivity index (χ3n) is 8.41. The summed E-state index contributed by atoms with van der Waals surface area (Å²) in [7, 11) is 0. The second kappa shape index (κ2) is 9.35. The molecule has 2 heterocycles. The molecular weight excluding hydrogens is 448 g/mol.